The first kappa shape index (κ1) is 23.0. The standard InChI is InChI=1S/C16H25BN6O3.ClH/c1-12(13-7-3-2-4-8-13)19-15(24)11-23-16(20-21-22-23)14(18)9-5-6-10-17(25)26;/h2-4,7-8,12,14,25-26H,5-6,9-11,18H2,1H3,(H,19,24);1H. The van der Waals surface area contributed by atoms with Gasteiger partial charge in [-0.05, 0) is 35.7 Å². The summed E-state index contributed by atoms with van der Waals surface area (Å²) in [5, 5.41) is 32.0. The molecule has 2 atom stereocenters. The molecule has 11 heteroatoms. The van der Waals surface area contributed by atoms with Crippen molar-refractivity contribution in [3.63, 3.8) is 0 Å². The summed E-state index contributed by atoms with van der Waals surface area (Å²) < 4.78 is 1.40. The Balaban J connectivity index is 0.00000364. The molecule has 0 aliphatic rings. The number of nitrogens with two attached hydrogens (primary N) is 1. The predicted molar refractivity (Wildman–Crippen MR) is 104 cm³/mol. The largest absolute Gasteiger partial charge is 0.451 e. The Morgan fingerprint density at radius 1 is 1.30 bits per heavy atom. The number of rotatable bonds is 10. The van der Waals surface area contributed by atoms with E-state index in [1.807, 2.05) is 37.3 Å². The van der Waals surface area contributed by atoms with Crippen molar-refractivity contribution in [3.05, 3.63) is 41.7 Å². The van der Waals surface area contributed by atoms with Gasteiger partial charge in [0.15, 0.2) is 5.82 Å². The van der Waals surface area contributed by atoms with Gasteiger partial charge in [-0.2, -0.15) is 0 Å². The van der Waals surface area contributed by atoms with Crippen molar-refractivity contribution in [3.8, 4) is 0 Å². The molecule has 0 saturated heterocycles. The Bertz CT molecular complexity index is 688. The minimum atomic E-state index is -1.30. The minimum absolute atomic E-state index is 0. The van der Waals surface area contributed by atoms with E-state index in [4.69, 9.17) is 15.8 Å². The second kappa shape index (κ2) is 11.7. The molecule has 148 valence electrons. The van der Waals surface area contributed by atoms with E-state index < -0.39 is 13.2 Å². The molecule has 0 saturated carbocycles. The summed E-state index contributed by atoms with van der Waals surface area (Å²) in [6.07, 6.45) is 2.25. The Hall–Kier alpha value is -2.01. The fraction of sp³-hybridized carbons (Fsp3) is 0.500. The summed E-state index contributed by atoms with van der Waals surface area (Å²) in [4.78, 5) is 12.3. The second-order valence-electron chi connectivity index (χ2n) is 6.27. The maximum atomic E-state index is 12.3. The van der Waals surface area contributed by atoms with Gasteiger partial charge in [0.05, 0.1) is 12.1 Å². The van der Waals surface area contributed by atoms with Crippen LogP contribution in [0.2, 0.25) is 6.32 Å². The average Bonchev–Trinajstić information content (AvgIpc) is 3.07. The normalized spacial score (nSPS) is 12.7. The Morgan fingerprint density at radius 3 is 2.67 bits per heavy atom. The molecular formula is C16H26BClN6O3. The lowest BCUT2D eigenvalue weighted by atomic mass is 9.83. The van der Waals surface area contributed by atoms with Gasteiger partial charge in [0.25, 0.3) is 0 Å². The highest BCUT2D eigenvalue weighted by atomic mass is 35.5. The third-order valence-corrected chi connectivity index (χ3v) is 4.09. The van der Waals surface area contributed by atoms with Crippen LogP contribution >= 0.6 is 12.4 Å². The first-order chi connectivity index (χ1) is 12.5. The highest BCUT2D eigenvalue weighted by molar-refractivity contribution is 6.40. The van der Waals surface area contributed by atoms with Gasteiger partial charge in [0, 0.05) is 0 Å². The van der Waals surface area contributed by atoms with Crippen molar-refractivity contribution in [1.82, 2.24) is 25.5 Å². The zero-order valence-electron chi connectivity index (χ0n) is 15.2. The van der Waals surface area contributed by atoms with Crippen molar-refractivity contribution in [2.75, 3.05) is 0 Å². The molecule has 0 spiro atoms. The van der Waals surface area contributed by atoms with E-state index in [1.54, 1.807) is 0 Å². The van der Waals surface area contributed by atoms with Crippen LogP contribution in [0.4, 0.5) is 0 Å². The Kier molecular flexibility index (Phi) is 9.94. The lowest BCUT2D eigenvalue weighted by Gasteiger charge is -2.15. The van der Waals surface area contributed by atoms with Gasteiger partial charge in [-0.1, -0.05) is 43.2 Å². The number of tetrazole rings is 1. The molecule has 0 aliphatic carbocycles. The highest BCUT2D eigenvalue weighted by Crippen LogP contribution is 2.15. The zero-order valence-corrected chi connectivity index (χ0v) is 16.0. The first-order valence-corrected chi connectivity index (χ1v) is 8.69. The smallest absolute Gasteiger partial charge is 0.427 e. The van der Waals surface area contributed by atoms with Crippen LogP contribution in [0.3, 0.4) is 0 Å². The number of aromatic nitrogens is 4. The van der Waals surface area contributed by atoms with Gasteiger partial charge in [-0.15, -0.1) is 17.5 Å². The molecule has 27 heavy (non-hydrogen) atoms. The number of nitrogens with one attached hydrogen (secondary N) is 1. The van der Waals surface area contributed by atoms with E-state index in [9.17, 15) is 4.79 Å². The monoisotopic (exact) mass is 396 g/mol. The molecule has 2 rings (SSSR count). The van der Waals surface area contributed by atoms with Crippen molar-refractivity contribution in [1.29, 1.82) is 0 Å². The number of carbonyl (C=O) groups is 1. The summed E-state index contributed by atoms with van der Waals surface area (Å²) in [6, 6.07) is 9.13. The molecule has 0 fully saturated rings. The number of hydrogen-bond acceptors (Lipinski definition) is 7. The molecule has 1 amide bonds. The third-order valence-electron chi connectivity index (χ3n) is 4.09. The molecule has 1 aromatic heterocycles. The lowest BCUT2D eigenvalue weighted by Crippen LogP contribution is -2.31. The molecule has 2 unspecified atom stereocenters. The lowest BCUT2D eigenvalue weighted by molar-refractivity contribution is -0.122. The van der Waals surface area contributed by atoms with E-state index in [-0.39, 0.29) is 30.9 Å². The van der Waals surface area contributed by atoms with Crippen LogP contribution in [0.1, 0.15) is 49.7 Å². The fourth-order valence-corrected chi connectivity index (χ4v) is 2.66. The number of unbranched alkanes of at least 4 members (excludes halogenated alkanes) is 1. The third kappa shape index (κ3) is 7.63. The SMILES string of the molecule is CC(NC(=O)Cn1nnnc1C(N)CCCCB(O)O)c1ccccc1.Cl. The molecule has 0 bridgehead atoms. The highest BCUT2D eigenvalue weighted by Gasteiger charge is 2.18. The van der Waals surface area contributed by atoms with Gasteiger partial charge in [0.1, 0.15) is 6.54 Å². The number of nitrogens with zero attached hydrogens (tertiary/aromatic N) is 4. The molecule has 1 heterocycles. The number of carbonyl (C=O) groups excluding carboxylic acids is 1. The average molecular weight is 397 g/mol. The van der Waals surface area contributed by atoms with E-state index in [0.29, 0.717) is 31.4 Å². The van der Waals surface area contributed by atoms with Crippen LogP contribution in [0.15, 0.2) is 30.3 Å². The molecule has 5 N–H and O–H groups in total. The van der Waals surface area contributed by atoms with Gasteiger partial charge < -0.3 is 21.1 Å². The molecule has 9 nitrogen and oxygen atoms in total. The molecule has 0 aliphatic heterocycles. The van der Waals surface area contributed by atoms with Crippen molar-refractivity contribution in [2.45, 2.75) is 51.1 Å². The number of hydrogen-bond donors (Lipinski definition) is 4. The topological polar surface area (TPSA) is 139 Å². The quantitative estimate of drug-likeness (QED) is 0.341. The summed E-state index contributed by atoms with van der Waals surface area (Å²) in [5.74, 6) is 0.238. The van der Waals surface area contributed by atoms with E-state index in [2.05, 4.69) is 20.8 Å². The van der Waals surface area contributed by atoms with Crippen LogP contribution in [0, 0.1) is 0 Å². The van der Waals surface area contributed by atoms with Gasteiger partial charge in [-0.3, -0.25) is 4.79 Å². The van der Waals surface area contributed by atoms with Gasteiger partial charge >= 0.3 is 7.12 Å². The van der Waals surface area contributed by atoms with E-state index in [1.165, 1.54) is 4.68 Å². The number of amides is 1. The summed E-state index contributed by atoms with van der Waals surface area (Å²) in [5.41, 5.74) is 7.12. The van der Waals surface area contributed by atoms with Crippen LogP contribution in [-0.2, 0) is 11.3 Å². The number of halogens is 1. The van der Waals surface area contributed by atoms with E-state index in [0.717, 1.165) is 5.56 Å². The Labute approximate surface area is 164 Å². The van der Waals surface area contributed by atoms with Gasteiger partial charge in [-0.25, -0.2) is 4.68 Å². The first-order valence-electron chi connectivity index (χ1n) is 8.69. The summed E-state index contributed by atoms with van der Waals surface area (Å²) >= 11 is 0. The van der Waals surface area contributed by atoms with Crippen molar-refractivity contribution < 1.29 is 14.8 Å². The van der Waals surface area contributed by atoms with Crippen molar-refractivity contribution in [2.24, 2.45) is 5.73 Å². The summed E-state index contributed by atoms with van der Waals surface area (Å²) in [7, 11) is -1.30. The second-order valence-corrected chi connectivity index (χ2v) is 6.27. The minimum Gasteiger partial charge on any atom is -0.427 e. The molecule has 2 aromatic rings. The van der Waals surface area contributed by atoms with Crippen LogP contribution in [0.25, 0.3) is 0 Å². The maximum absolute atomic E-state index is 12.3. The molecular weight excluding hydrogens is 370 g/mol. The van der Waals surface area contributed by atoms with Crippen molar-refractivity contribution >= 4 is 25.4 Å². The van der Waals surface area contributed by atoms with Crippen LogP contribution in [-0.4, -0.2) is 43.3 Å². The molecule has 0 radical (unpaired) electrons. The Morgan fingerprint density at radius 2 is 2.00 bits per heavy atom. The molecule has 1 aromatic carbocycles. The fourth-order valence-electron chi connectivity index (χ4n) is 2.66. The van der Waals surface area contributed by atoms with Crippen LogP contribution < -0.4 is 11.1 Å². The maximum Gasteiger partial charge on any atom is 0.451 e. The predicted octanol–water partition coefficient (Wildman–Crippen LogP) is 0.615. The number of benzene rings is 1. The zero-order chi connectivity index (χ0) is 18.9. The van der Waals surface area contributed by atoms with Gasteiger partial charge in [0.2, 0.25) is 5.91 Å². The van der Waals surface area contributed by atoms with Crippen LogP contribution in [0.5, 0.6) is 0 Å². The van der Waals surface area contributed by atoms with E-state index >= 15 is 0 Å². The summed E-state index contributed by atoms with van der Waals surface area (Å²) in [6.45, 7) is 1.90.